The fraction of sp³-hybridized carbons (Fsp3) is 1.00. The van der Waals surface area contributed by atoms with E-state index in [0.29, 0.717) is 6.42 Å². The highest BCUT2D eigenvalue weighted by molar-refractivity contribution is 5.03. The van der Waals surface area contributed by atoms with Crippen molar-refractivity contribution in [3.8, 4) is 0 Å². The third-order valence-corrected chi connectivity index (χ3v) is 3.49. The van der Waals surface area contributed by atoms with Gasteiger partial charge in [0.2, 0.25) is 0 Å². The van der Waals surface area contributed by atoms with Gasteiger partial charge in [0.15, 0.2) is 0 Å². The lowest BCUT2D eigenvalue weighted by Crippen LogP contribution is -2.45. The van der Waals surface area contributed by atoms with Gasteiger partial charge in [-0.15, -0.1) is 0 Å². The van der Waals surface area contributed by atoms with Crippen molar-refractivity contribution in [2.75, 3.05) is 0 Å². The smallest absolute Gasteiger partial charge is 0.0906 e. The molecule has 1 rings (SSSR count). The quantitative estimate of drug-likeness (QED) is 0.562. The number of aliphatic hydroxyl groups excluding tert-OH is 1. The van der Waals surface area contributed by atoms with Gasteiger partial charge in [0, 0.05) is 5.92 Å². The Labute approximate surface area is 79.4 Å². The molecule has 0 radical (unpaired) electrons. The molecule has 0 amide bonds. The predicted molar refractivity (Wildman–Crippen MR) is 50.2 cm³/mol. The first-order chi connectivity index (χ1) is 5.67. The highest BCUT2D eigenvalue weighted by Gasteiger charge is 2.52. The normalized spacial score (nSPS) is 46.8. The van der Waals surface area contributed by atoms with E-state index in [-0.39, 0.29) is 11.8 Å². The molecule has 0 aliphatic heterocycles. The molecular formula is C10H20O3. The summed E-state index contributed by atoms with van der Waals surface area (Å²) < 4.78 is 0. The van der Waals surface area contributed by atoms with Crippen molar-refractivity contribution in [2.45, 2.75) is 51.4 Å². The zero-order chi connectivity index (χ0) is 10.4. The molecule has 3 heteroatoms. The third-order valence-electron chi connectivity index (χ3n) is 3.49. The van der Waals surface area contributed by atoms with Crippen LogP contribution < -0.4 is 0 Å². The second-order valence-corrected chi connectivity index (χ2v) is 5.07. The van der Waals surface area contributed by atoms with Gasteiger partial charge in [-0.25, -0.2) is 0 Å². The Hall–Kier alpha value is -0.120. The van der Waals surface area contributed by atoms with Gasteiger partial charge in [0.25, 0.3) is 0 Å². The SMILES string of the molecule is C[C@@H]1C[C@H](C(C)(C)O)[C@@H](O)[C@@]1(C)O. The van der Waals surface area contributed by atoms with Gasteiger partial charge >= 0.3 is 0 Å². The van der Waals surface area contributed by atoms with E-state index >= 15 is 0 Å². The van der Waals surface area contributed by atoms with Crippen LogP contribution in [0.15, 0.2) is 0 Å². The van der Waals surface area contributed by atoms with Crippen LogP contribution in [0.25, 0.3) is 0 Å². The zero-order valence-electron chi connectivity index (χ0n) is 8.78. The first kappa shape index (κ1) is 11.0. The largest absolute Gasteiger partial charge is 0.390 e. The van der Waals surface area contributed by atoms with Gasteiger partial charge in [0.1, 0.15) is 0 Å². The maximum atomic E-state index is 9.90. The zero-order valence-corrected chi connectivity index (χ0v) is 8.78. The molecule has 3 N–H and O–H groups in total. The molecule has 0 unspecified atom stereocenters. The molecule has 78 valence electrons. The monoisotopic (exact) mass is 188 g/mol. The number of rotatable bonds is 1. The summed E-state index contributed by atoms with van der Waals surface area (Å²) >= 11 is 0. The molecule has 0 spiro atoms. The van der Waals surface area contributed by atoms with E-state index in [1.165, 1.54) is 0 Å². The van der Waals surface area contributed by atoms with Crippen LogP contribution in [0.4, 0.5) is 0 Å². The van der Waals surface area contributed by atoms with Gasteiger partial charge in [0.05, 0.1) is 17.3 Å². The predicted octanol–water partition coefficient (Wildman–Crippen LogP) is 0.525. The fourth-order valence-corrected chi connectivity index (χ4v) is 2.12. The van der Waals surface area contributed by atoms with Crippen molar-refractivity contribution in [1.29, 1.82) is 0 Å². The van der Waals surface area contributed by atoms with Gasteiger partial charge in [-0.2, -0.15) is 0 Å². The second kappa shape index (κ2) is 2.94. The summed E-state index contributed by atoms with van der Waals surface area (Å²) in [5, 5.41) is 29.5. The van der Waals surface area contributed by atoms with E-state index in [4.69, 9.17) is 0 Å². The van der Waals surface area contributed by atoms with Crippen molar-refractivity contribution < 1.29 is 15.3 Å². The van der Waals surface area contributed by atoms with Gasteiger partial charge in [-0.3, -0.25) is 0 Å². The molecule has 0 aromatic heterocycles. The first-order valence-corrected chi connectivity index (χ1v) is 4.80. The lowest BCUT2D eigenvalue weighted by molar-refractivity contribution is -0.105. The molecule has 4 atom stereocenters. The molecule has 1 saturated carbocycles. The second-order valence-electron chi connectivity index (χ2n) is 5.07. The Morgan fingerprint density at radius 2 is 1.85 bits per heavy atom. The average Bonchev–Trinajstić information content (AvgIpc) is 2.12. The van der Waals surface area contributed by atoms with E-state index in [1.54, 1.807) is 20.8 Å². The minimum absolute atomic E-state index is 0.0268. The van der Waals surface area contributed by atoms with E-state index in [0.717, 1.165) is 0 Å². The van der Waals surface area contributed by atoms with Crippen LogP contribution in [0.2, 0.25) is 0 Å². The van der Waals surface area contributed by atoms with E-state index in [2.05, 4.69) is 0 Å². The Bertz CT molecular complexity index is 193. The van der Waals surface area contributed by atoms with Crippen LogP contribution in [0.1, 0.15) is 34.1 Å². The molecule has 13 heavy (non-hydrogen) atoms. The molecule has 1 fully saturated rings. The summed E-state index contributed by atoms with van der Waals surface area (Å²) in [5.74, 6) is -0.212. The van der Waals surface area contributed by atoms with Crippen molar-refractivity contribution in [1.82, 2.24) is 0 Å². The van der Waals surface area contributed by atoms with Crippen LogP contribution in [-0.4, -0.2) is 32.6 Å². The molecule has 0 saturated heterocycles. The highest BCUT2D eigenvalue weighted by Crippen LogP contribution is 2.44. The Kier molecular flexibility index (Phi) is 2.48. The fourth-order valence-electron chi connectivity index (χ4n) is 2.12. The van der Waals surface area contributed by atoms with Gasteiger partial charge < -0.3 is 15.3 Å². The van der Waals surface area contributed by atoms with Crippen LogP contribution in [0.3, 0.4) is 0 Å². The minimum atomic E-state index is -1.06. The summed E-state index contributed by atoms with van der Waals surface area (Å²) in [6.07, 6.45) is -0.167. The average molecular weight is 188 g/mol. The standard InChI is InChI=1S/C10H20O3/c1-6-5-7(9(2,3)12)8(11)10(6,4)13/h6-8,11-13H,5H2,1-4H3/t6-,7+,8-,10+/m1/s1. The molecule has 0 aromatic carbocycles. The molecule has 0 heterocycles. The molecule has 0 aromatic rings. The summed E-state index contributed by atoms with van der Waals surface area (Å²) in [6.45, 7) is 6.88. The molecule has 0 bridgehead atoms. The van der Waals surface area contributed by atoms with Crippen molar-refractivity contribution in [3.63, 3.8) is 0 Å². The van der Waals surface area contributed by atoms with E-state index in [1.807, 2.05) is 6.92 Å². The van der Waals surface area contributed by atoms with Crippen molar-refractivity contribution in [3.05, 3.63) is 0 Å². The van der Waals surface area contributed by atoms with E-state index in [9.17, 15) is 15.3 Å². The molecular weight excluding hydrogens is 168 g/mol. The highest BCUT2D eigenvalue weighted by atomic mass is 16.3. The van der Waals surface area contributed by atoms with E-state index < -0.39 is 17.3 Å². The van der Waals surface area contributed by atoms with Crippen molar-refractivity contribution in [2.24, 2.45) is 11.8 Å². The number of hydrogen-bond acceptors (Lipinski definition) is 3. The van der Waals surface area contributed by atoms with Crippen LogP contribution >= 0.6 is 0 Å². The topological polar surface area (TPSA) is 60.7 Å². The number of hydrogen-bond donors (Lipinski definition) is 3. The maximum absolute atomic E-state index is 9.90. The molecule has 3 nitrogen and oxygen atoms in total. The Balaban J connectivity index is 2.86. The van der Waals surface area contributed by atoms with Crippen LogP contribution in [0, 0.1) is 11.8 Å². The minimum Gasteiger partial charge on any atom is -0.390 e. The molecule has 1 aliphatic rings. The lowest BCUT2D eigenvalue weighted by atomic mass is 9.86. The summed E-state index contributed by atoms with van der Waals surface area (Å²) in [4.78, 5) is 0. The Morgan fingerprint density at radius 1 is 1.38 bits per heavy atom. The van der Waals surface area contributed by atoms with Crippen LogP contribution in [-0.2, 0) is 0 Å². The van der Waals surface area contributed by atoms with Gasteiger partial charge in [-0.1, -0.05) is 6.92 Å². The third kappa shape index (κ3) is 1.73. The summed E-state index contributed by atoms with van der Waals surface area (Å²) in [6, 6.07) is 0. The van der Waals surface area contributed by atoms with Crippen molar-refractivity contribution >= 4 is 0 Å². The lowest BCUT2D eigenvalue weighted by Gasteiger charge is -2.32. The van der Waals surface area contributed by atoms with Gasteiger partial charge in [-0.05, 0) is 33.1 Å². The number of aliphatic hydroxyl groups is 3. The maximum Gasteiger partial charge on any atom is 0.0906 e. The summed E-state index contributed by atoms with van der Waals surface area (Å²) in [7, 11) is 0. The summed E-state index contributed by atoms with van der Waals surface area (Å²) in [5.41, 5.74) is -1.99. The van der Waals surface area contributed by atoms with Crippen LogP contribution in [0.5, 0.6) is 0 Å². The Morgan fingerprint density at radius 3 is 2.00 bits per heavy atom. The molecule has 1 aliphatic carbocycles. The first-order valence-electron chi connectivity index (χ1n) is 4.80.